The summed E-state index contributed by atoms with van der Waals surface area (Å²) in [5.41, 5.74) is 7.66. The van der Waals surface area contributed by atoms with Crippen molar-refractivity contribution in [3.8, 4) is 0 Å². The van der Waals surface area contributed by atoms with Crippen LogP contribution in [0.4, 0.5) is 5.69 Å². The minimum atomic E-state index is -0.189. The first-order valence-electron chi connectivity index (χ1n) is 6.08. The molecule has 0 saturated carbocycles. The van der Waals surface area contributed by atoms with Gasteiger partial charge in [0.2, 0.25) is 0 Å². The van der Waals surface area contributed by atoms with Gasteiger partial charge in [0.1, 0.15) is 0 Å². The second-order valence-corrected chi connectivity index (χ2v) is 5.81. The summed E-state index contributed by atoms with van der Waals surface area (Å²) in [6.45, 7) is 1.89. The van der Waals surface area contributed by atoms with E-state index in [1.807, 2.05) is 25.1 Å². The van der Waals surface area contributed by atoms with E-state index in [1.54, 1.807) is 24.3 Å². The number of benzene rings is 2. The first-order valence-corrected chi connectivity index (χ1v) is 7.26. The molecule has 0 bridgehead atoms. The summed E-state index contributed by atoms with van der Waals surface area (Å²) in [5.74, 6) is -0.189. The van der Waals surface area contributed by atoms with Gasteiger partial charge in [-0.2, -0.15) is 0 Å². The van der Waals surface area contributed by atoms with Gasteiger partial charge in [0, 0.05) is 20.7 Å². The van der Waals surface area contributed by atoms with Gasteiger partial charge in [0.25, 0.3) is 5.91 Å². The topological polar surface area (TPSA) is 55.1 Å². The van der Waals surface area contributed by atoms with E-state index >= 15 is 0 Å². The molecule has 2 aromatic rings. The molecule has 0 unspecified atom stereocenters. The number of anilines is 1. The van der Waals surface area contributed by atoms with E-state index in [4.69, 9.17) is 17.3 Å². The maximum Gasteiger partial charge on any atom is 0.251 e. The standard InChI is InChI=1S/C15H14BrClN2O/c1-9(13-4-2-3-5-14(13)17)19-15(20)10-6-11(16)8-12(18)7-10/h2-9H,18H2,1H3,(H,19,20)/t9-/m1/s1. The largest absolute Gasteiger partial charge is 0.399 e. The first-order chi connectivity index (χ1) is 9.47. The maximum atomic E-state index is 12.2. The highest BCUT2D eigenvalue weighted by Gasteiger charge is 2.14. The Kier molecular flexibility index (Phi) is 4.68. The molecule has 1 atom stereocenters. The van der Waals surface area contributed by atoms with Crippen LogP contribution in [-0.4, -0.2) is 5.91 Å². The van der Waals surface area contributed by atoms with E-state index in [1.165, 1.54) is 0 Å². The van der Waals surface area contributed by atoms with Crippen molar-refractivity contribution in [3.05, 3.63) is 63.1 Å². The van der Waals surface area contributed by atoms with Crippen LogP contribution in [0.3, 0.4) is 0 Å². The molecule has 0 heterocycles. The number of amides is 1. The van der Waals surface area contributed by atoms with Crippen molar-refractivity contribution in [2.24, 2.45) is 0 Å². The third-order valence-corrected chi connectivity index (χ3v) is 3.70. The smallest absolute Gasteiger partial charge is 0.251 e. The molecule has 3 nitrogen and oxygen atoms in total. The number of nitrogens with one attached hydrogen (secondary N) is 1. The zero-order valence-corrected chi connectivity index (χ0v) is 13.2. The molecule has 2 rings (SSSR count). The van der Waals surface area contributed by atoms with E-state index in [9.17, 15) is 4.79 Å². The summed E-state index contributed by atoms with van der Waals surface area (Å²) in [5, 5.41) is 3.54. The second-order valence-electron chi connectivity index (χ2n) is 4.49. The Hall–Kier alpha value is -1.52. The number of carbonyl (C=O) groups excluding carboxylic acids is 1. The first kappa shape index (κ1) is 14.9. The maximum absolute atomic E-state index is 12.2. The molecule has 0 spiro atoms. The number of nitrogens with two attached hydrogens (primary N) is 1. The molecule has 104 valence electrons. The Bertz CT molecular complexity index is 625. The Morgan fingerprint density at radius 1 is 1.30 bits per heavy atom. The predicted octanol–water partition coefficient (Wildman–Crippen LogP) is 4.18. The summed E-state index contributed by atoms with van der Waals surface area (Å²) in [7, 11) is 0. The Morgan fingerprint density at radius 3 is 2.65 bits per heavy atom. The fourth-order valence-electron chi connectivity index (χ4n) is 1.93. The Balaban J connectivity index is 2.17. The van der Waals surface area contributed by atoms with E-state index in [-0.39, 0.29) is 11.9 Å². The van der Waals surface area contributed by atoms with Gasteiger partial charge in [-0.05, 0) is 36.8 Å². The summed E-state index contributed by atoms with van der Waals surface area (Å²) in [4.78, 5) is 12.2. The SMILES string of the molecule is C[C@@H](NC(=O)c1cc(N)cc(Br)c1)c1ccccc1Cl. The number of hydrogen-bond acceptors (Lipinski definition) is 2. The van der Waals surface area contributed by atoms with Crippen molar-refractivity contribution >= 4 is 39.1 Å². The second kappa shape index (κ2) is 6.29. The van der Waals surface area contributed by atoms with Crippen molar-refractivity contribution in [1.29, 1.82) is 0 Å². The van der Waals surface area contributed by atoms with Gasteiger partial charge in [-0.25, -0.2) is 0 Å². The lowest BCUT2D eigenvalue weighted by Crippen LogP contribution is -2.26. The van der Waals surface area contributed by atoms with E-state index < -0.39 is 0 Å². The van der Waals surface area contributed by atoms with Crippen molar-refractivity contribution in [1.82, 2.24) is 5.32 Å². The van der Waals surface area contributed by atoms with E-state index in [2.05, 4.69) is 21.2 Å². The van der Waals surface area contributed by atoms with Crippen LogP contribution >= 0.6 is 27.5 Å². The zero-order chi connectivity index (χ0) is 14.7. The van der Waals surface area contributed by atoms with Gasteiger partial charge in [-0.1, -0.05) is 45.7 Å². The molecule has 1 amide bonds. The lowest BCUT2D eigenvalue weighted by Gasteiger charge is -2.16. The minimum absolute atomic E-state index is 0.184. The van der Waals surface area contributed by atoms with Gasteiger partial charge in [0.15, 0.2) is 0 Å². The number of halogens is 2. The molecule has 3 N–H and O–H groups in total. The fraction of sp³-hybridized carbons (Fsp3) is 0.133. The zero-order valence-electron chi connectivity index (χ0n) is 10.9. The normalized spacial score (nSPS) is 11.9. The predicted molar refractivity (Wildman–Crippen MR) is 85.9 cm³/mol. The number of carbonyl (C=O) groups is 1. The van der Waals surface area contributed by atoms with Crippen molar-refractivity contribution < 1.29 is 4.79 Å². The number of nitrogen functional groups attached to an aromatic ring is 1. The van der Waals surface area contributed by atoms with Gasteiger partial charge in [0.05, 0.1) is 6.04 Å². The fourth-order valence-corrected chi connectivity index (χ4v) is 2.74. The Labute approximate surface area is 131 Å². The molecular formula is C15H14BrClN2O. The van der Waals surface area contributed by atoms with Crippen LogP contribution in [0.15, 0.2) is 46.9 Å². The van der Waals surface area contributed by atoms with Crippen LogP contribution in [-0.2, 0) is 0 Å². The average Bonchev–Trinajstić information content (AvgIpc) is 2.37. The third-order valence-electron chi connectivity index (χ3n) is 2.90. The Morgan fingerprint density at radius 2 is 2.00 bits per heavy atom. The van der Waals surface area contributed by atoms with Crippen LogP contribution in [0.5, 0.6) is 0 Å². The van der Waals surface area contributed by atoms with Crippen LogP contribution in [0.2, 0.25) is 5.02 Å². The van der Waals surface area contributed by atoms with Crippen molar-refractivity contribution in [3.63, 3.8) is 0 Å². The molecule has 0 aliphatic carbocycles. The van der Waals surface area contributed by atoms with Crippen LogP contribution in [0.25, 0.3) is 0 Å². The van der Waals surface area contributed by atoms with Gasteiger partial charge in [-0.3, -0.25) is 4.79 Å². The highest BCUT2D eigenvalue weighted by molar-refractivity contribution is 9.10. The lowest BCUT2D eigenvalue weighted by atomic mass is 10.1. The molecule has 0 saturated heterocycles. The van der Waals surface area contributed by atoms with Crippen LogP contribution in [0, 0.1) is 0 Å². The van der Waals surface area contributed by atoms with Crippen molar-refractivity contribution in [2.45, 2.75) is 13.0 Å². The molecule has 2 aromatic carbocycles. The van der Waals surface area contributed by atoms with E-state index in [0.717, 1.165) is 10.0 Å². The molecule has 0 radical (unpaired) electrons. The minimum Gasteiger partial charge on any atom is -0.399 e. The molecular weight excluding hydrogens is 340 g/mol. The number of rotatable bonds is 3. The molecule has 0 aliphatic rings. The molecule has 0 aliphatic heterocycles. The summed E-state index contributed by atoms with van der Waals surface area (Å²) >= 11 is 9.44. The molecule has 5 heteroatoms. The van der Waals surface area contributed by atoms with Gasteiger partial charge in [-0.15, -0.1) is 0 Å². The quantitative estimate of drug-likeness (QED) is 0.813. The summed E-state index contributed by atoms with van der Waals surface area (Å²) in [6.07, 6.45) is 0. The molecule has 0 aromatic heterocycles. The monoisotopic (exact) mass is 352 g/mol. The van der Waals surface area contributed by atoms with E-state index in [0.29, 0.717) is 16.3 Å². The van der Waals surface area contributed by atoms with Gasteiger partial charge < -0.3 is 11.1 Å². The number of hydrogen-bond donors (Lipinski definition) is 2. The van der Waals surface area contributed by atoms with Crippen molar-refractivity contribution in [2.75, 3.05) is 5.73 Å². The lowest BCUT2D eigenvalue weighted by molar-refractivity contribution is 0.0940. The third kappa shape index (κ3) is 3.52. The average molecular weight is 354 g/mol. The van der Waals surface area contributed by atoms with Crippen LogP contribution < -0.4 is 11.1 Å². The highest BCUT2D eigenvalue weighted by atomic mass is 79.9. The molecule has 0 fully saturated rings. The summed E-state index contributed by atoms with van der Waals surface area (Å²) < 4.78 is 0.771. The van der Waals surface area contributed by atoms with Crippen LogP contribution in [0.1, 0.15) is 28.9 Å². The summed E-state index contributed by atoms with van der Waals surface area (Å²) in [6, 6.07) is 12.4. The van der Waals surface area contributed by atoms with Gasteiger partial charge >= 0.3 is 0 Å². The highest BCUT2D eigenvalue weighted by Crippen LogP contribution is 2.23. The molecule has 20 heavy (non-hydrogen) atoms.